The van der Waals surface area contributed by atoms with E-state index in [1.54, 1.807) is 13.1 Å². The molecule has 0 amide bonds. The third-order valence-electron chi connectivity index (χ3n) is 5.85. The second-order valence-corrected chi connectivity index (χ2v) is 10.0. The molecule has 2 aliphatic heterocycles. The van der Waals surface area contributed by atoms with Crippen molar-refractivity contribution < 1.29 is 17.2 Å². The van der Waals surface area contributed by atoms with Crippen molar-refractivity contribution in [1.82, 2.24) is 15.1 Å². The van der Waals surface area contributed by atoms with Crippen LogP contribution in [-0.4, -0.2) is 75.5 Å². The number of nitrogens with zero attached hydrogens (tertiary/aromatic N) is 3. The molecule has 1 aromatic rings. The van der Waals surface area contributed by atoms with Gasteiger partial charge in [0.15, 0.2) is 15.8 Å². The van der Waals surface area contributed by atoms with E-state index in [9.17, 15) is 17.2 Å². The van der Waals surface area contributed by atoms with Gasteiger partial charge in [0, 0.05) is 57.4 Å². The number of hydrogen-bond donors (Lipinski definition) is 1. The summed E-state index contributed by atoms with van der Waals surface area (Å²) >= 11 is 0. The van der Waals surface area contributed by atoms with E-state index in [1.165, 1.54) is 6.07 Å². The van der Waals surface area contributed by atoms with Crippen LogP contribution in [0.15, 0.2) is 23.2 Å². The molecule has 0 saturated carbocycles. The fourth-order valence-electron chi connectivity index (χ4n) is 4.29. The van der Waals surface area contributed by atoms with Crippen molar-refractivity contribution in [2.75, 3.05) is 51.3 Å². The number of benzene rings is 1. The van der Waals surface area contributed by atoms with E-state index in [-0.39, 0.29) is 23.5 Å². The second-order valence-electron chi connectivity index (χ2n) is 7.81. The summed E-state index contributed by atoms with van der Waals surface area (Å²) in [6.07, 6.45) is 1.44. The van der Waals surface area contributed by atoms with Crippen LogP contribution in [0.3, 0.4) is 0 Å². The van der Waals surface area contributed by atoms with Crippen LogP contribution in [0.2, 0.25) is 0 Å². The van der Waals surface area contributed by atoms with Gasteiger partial charge in [0.1, 0.15) is 11.6 Å². The van der Waals surface area contributed by atoms with Gasteiger partial charge in [-0.05, 0) is 24.8 Å². The van der Waals surface area contributed by atoms with Crippen LogP contribution in [0, 0.1) is 17.6 Å². The maximum absolute atomic E-state index is 14.3. The number of sulfone groups is 1. The lowest BCUT2D eigenvalue weighted by Gasteiger charge is -2.40. The minimum atomic E-state index is -2.88. The molecular weight excluding hydrogens is 398 g/mol. The van der Waals surface area contributed by atoms with E-state index in [2.05, 4.69) is 20.1 Å². The van der Waals surface area contributed by atoms with Crippen molar-refractivity contribution in [2.45, 2.75) is 25.8 Å². The zero-order chi connectivity index (χ0) is 21.0. The summed E-state index contributed by atoms with van der Waals surface area (Å²) in [5.74, 6) is 0.360. The Morgan fingerprint density at radius 3 is 2.55 bits per heavy atom. The van der Waals surface area contributed by atoms with Crippen molar-refractivity contribution in [3.8, 4) is 0 Å². The molecule has 2 atom stereocenters. The van der Waals surface area contributed by atoms with Crippen LogP contribution in [-0.2, 0) is 9.84 Å². The Morgan fingerprint density at radius 1 is 1.28 bits per heavy atom. The maximum Gasteiger partial charge on any atom is 0.193 e. The molecule has 0 aromatic heterocycles. The molecule has 1 N–H and O–H groups in total. The summed E-state index contributed by atoms with van der Waals surface area (Å²) in [5.41, 5.74) is 0.535. The Kier molecular flexibility index (Phi) is 7.10. The van der Waals surface area contributed by atoms with E-state index >= 15 is 0 Å². The lowest BCUT2D eigenvalue weighted by atomic mass is 10.0. The molecule has 9 heteroatoms. The van der Waals surface area contributed by atoms with E-state index in [0.29, 0.717) is 18.5 Å². The first-order valence-electron chi connectivity index (χ1n) is 10.2. The van der Waals surface area contributed by atoms with E-state index in [1.807, 2.05) is 6.92 Å². The van der Waals surface area contributed by atoms with Gasteiger partial charge >= 0.3 is 0 Å². The number of rotatable bonds is 5. The predicted octanol–water partition coefficient (Wildman–Crippen LogP) is 2.04. The first-order chi connectivity index (χ1) is 13.8. The average molecular weight is 429 g/mol. The van der Waals surface area contributed by atoms with E-state index in [4.69, 9.17) is 0 Å². The van der Waals surface area contributed by atoms with Crippen molar-refractivity contribution in [3.05, 3.63) is 35.4 Å². The van der Waals surface area contributed by atoms with Gasteiger partial charge in [0.2, 0.25) is 0 Å². The van der Waals surface area contributed by atoms with Crippen molar-refractivity contribution >= 4 is 15.8 Å². The fraction of sp³-hybridized carbons (Fsp3) is 0.650. The highest BCUT2D eigenvalue weighted by Gasteiger charge is 2.30. The monoisotopic (exact) mass is 428 g/mol. The molecular formula is C20H30F2N4O2S. The van der Waals surface area contributed by atoms with Gasteiger partial charge < -0.3 is 10.2 Å². The quantitative estimate of drug-likeness (QED) is 0.574. The zero-order valence-corrected chi connectivity index (χ0v) is 17.9. The molecule has 29 heavy (non-hydrogen) atoms. The predicted molar refractivity (Wildman–Crippen MR) is 111 cm³/mol. The number of nitrogens with one attached hydrogen (secondary N) is 1. The van der Waals surface area contributed by atoms with E-state index < -0.39 is 21.5 Å². The van der Waals surface area contributed by atoms with Gasteiger partial charge in [-0.25, -0.2) is 17.2 Å². The van der Waals surface area contributed by atoms with Crippen LogP contribution in [0.25, 0.3) is 0 Å². The van der Waals surface area contributed by atoms with Crippen LogP contribution in [0.1, 0.15) is 31.4 Å². The third kappa shape index (κ3) is 5.45. The van der Waals surface area contributed by atoms with Crippen molar-refractivity contribution in [1.29, 1.82) is 0 Å². The van der Waals surface area contributed by atoms with Gasteiger partial charge in [-0.2, -0.15) is 0 Å². The number of hydrogen-bond acceptors (Lipinski definition) is 4. The summed E-state index contributed by atoms with van der Waals surface area (Å²) in [7, 11) is -1.16. The van der Waals surface area contributed by atoms with Gasteiger partial charge in [-0.3, -0.25) is 9.89 Å². The van der Waals surface area contributed by atoms with Crippen LogP contribution < -0.4 is 5.32 Å². The summed E-state index contributed by atoms with van der Waals surface area (Å²) in [6.45, 7) is 5.58. The minimum absolute atomic E-state index is 0.0866. The van der Waals surface area contributed by atoms with Crippen molar-refractivity contribution in [3.63, 3.8) is 0 Å². The Balaban J connectivity index is 1.55. The molecule has 162 valence electrons. The number of halogens is 2. The highest BCUT2D eigenvalue weighted by atomic mass is 32.2. The molecule has 2 fully saturated rings. The van der Waals surface area contributed by atoms with Crippen LogP contribution >= 0.6 is 0 Å². The Bertz CT molecular complexity index is 839. The SMILES string of the molecule is CCC(c1ccc(F)cc1F)N1CCN(C(=NC)NCC2CCS(=O)(=O)C2)CC1. The Labute approximate surface area is 171 Å². The lowest BCUT2D eigenvalue weighted by molar-refractivity contribution is 0.124. The summed E-state index contributed by atoms with van der Waals surface area (Å²) < 4.78 is 50.8. The van der Waals surface area contributed by atoms with Gasteiger partial charge in [-0.1, -0.05) is 13.0 Å². The molecule has 2 heterocycles. The molecule has 0 aliphatic carbocycles. The molecule has 2 saturated heterocycles. The van der Waals surface area contributed by atoms with Crippen LogP contribution in [0.5, 0.6) is 0 Å². The summed E-state index contributed by atoms with van der Waals surface area (Å²) in [4.78, 5) is 8.72. The molecule has 2 aliphatic rings. The highest BCUT2D eigenvalue weighted by Crippen LogP contribution is 2.28. The topological polar surface area (TPSA) is 65.0 Å². The average Bonchev–Trinajstić information content (AvgIpc) is 3.04. The molecule has 3 rings (SSSR count). The van der Waals surface area contributed by atoms with Crippen molar-refractivity contribution in [2.24, 2.45) is 10.9 Å². The first kappa shape index (κ1) is 22.0. The molecule has 0 bridgehead atoms. The molecule has 0 radical (unpaired) electrons. The summed E-state index contributed by atoms with van der Waals surface area (Å²) in [6, 6.07) is 3.72. The van der Waals surface area contributed by atoms with Crippen LogP contribution in [0.4, 0.5) is 8.78 Å². The maximum atomic E-state index is 14.3. The first-order valence-corrected chi connectivity index (χ1v) is 12.0. The normalized spacial score (nSPS) is 23.9. The number of piperazine rings is 1. The number of guanidine groups is 1. The van der Waals surface area contributed by atoms with E-state index in [0.717, 1.165) is 44.6 Å². The zero-order valence-electron chi connectivity index (χ0n) is 17.1. The number of aliphatic imine (C=N–C) groups is 1. The second kappa shape index (κ2) is 9.38. The molecule has 0 spiro atoms. The highest BCUT2D eigenvalue weighted by molar-refractivity contribution is 7.91. The molecule has 2 unspecified atom stereocenters. The Morgan fingerprint density at radius 2 is 2.00 bits per heavy atom. The van der Waals surface area contributed by atoms with Gasteiger partial charge in [-0.15, -0.1) is 0 Å². The van der Waals surface area contributed by atoms with Gasteiger partial charge in [0.25, 0.3) is 0 Å². The minimum Gasteiger partial charge on any atom is -0.356 e. The van der Waals surface area contributed by atoms with Gasteiger partial charge in [0.05, 0.1) is 11.5 Å². The third-order valence-corrected chi connectivity index (χ3v) is 7.69. The smallest absolute Gasteiger partial charge is 0.193 e. The lowest BCUT2D eigenvalue weighted by Crippen LogP contribution is -2.53. The molecule has 1 aromatic carbocycles. The Hall–Kier alpha value is -1.74. The fourth-order valence-corrected chi connectivity index (χ4v) is 6.15. The molecule has 6 nitrogen and oxygen atoms in total. The summed E-state index contributed by atoms with van der Waals surface area (Å²) in [5, 5.41) is 3.32. The standard InChI is InChI=1S/C20H30F2N4O2S/c1-3-19(17-5-4-16(21)12-18(17)22)25-7-9-26(10-8-25)20(23-2)24-13-15-6-11-29(27,28)14-15/h4-5,12,15,19H,3,6-11,13-14H2,1-2H3,(H,23,24). The largest absolute Gasteiger partial charge is 0.356 e.